The summed E-state index contributed by atoms with van der Waals surface area (Å²) in [7, 11) is -3.52. The average Bonchev–Trinajstić information content (AvgIpc) is 2.44. The number of morpholine rings is 1. The van der Waals surface area contributed by atoms with Gasteiger partial charge in [-0.1, -0.05) is 0 Å². The molecule has 118 valence electrons. The van der Waals surface area contributed by atoms with Crippen LogP contribution in [0.2, 0.25) is 0 Å². The lowest BCUT2D eigenvalue weighted by molar-refractivity contribution is -0.0440. The summed E-state index contributed by atoms with van der Waals surface area (Å²) >= 11 is 0. The molecule has 0 amide bonds. The number of ether oxygens (including phenoxy) is 2. The Bertz CT molecular complexity index is 547. The van der Waals surface area contributed by atoms with E-state index in [1.165, 1.54) is 16.4 Å². The SMILES string of the molecule is C[C@@H]1CN(S(=O)(=O)c2ccc(OCCO)cc2)C[C@H](C)O1. The van der Waals surface area contributed by atoms with E-state index >= 15 is 0 Å². The van der Waals surface area contributed by atoms with Crippen molar-refractivity contribution in [3.63, 3.8) is 0 Å². The van der Waals surface area contributed by atoms with Gasteiger partial charge in [0.15, 0.2) is 0 Å². The van der Waals surface area contributed by atoms with Gasteiger partial charge in [-0.15, -0.1) is 0 Å². The van der Waals surface area contributed by atoms with E-state index in [1.54, 1.807) is 12.1 Å². The molecule has 0 aliphatic carbocycles. The molecule has 6 nitrogen and oxygen atoms in total. The summed E-state index contributed by atoms with van der Waals surface area (Å²) in [5.41, 5.74) is 0. The molecule has 0 unspecified atom stereocenters. The summed E-state index contributed by atoms with van der Waals surface area (Å²) < 4.78 is 37.4. The van der Waals surface area contributed by atoms with Crippen molar-refractivity contribution in [1.82, 2.24) is 4.31 Å². The number of hydrogen-bond acceptors (Lipinski definition) is 5. The fraction of sp³-hybridized carbons (Fsp3) is 0.571. The standard InChI is InChI=1S/C14H21NO5S/c1-11-9-15(10-12(2)20-11)21(17,18)14-5-3-13(4-6-14)19-8-7-16/h3-6,11-12,16H,7-10H2,1-2H3/t11-,12+. The largest absolute Gasteiger partial charge is 0.491 e. The molecule has 1 heterocycles. The Morgan fingerprint density at radius 1 is 1.24 bits per heavy atom. The number of sulfonamides is 1. The lowest BCUT2D eigenvalue weighted by Gasteiger charge is -2.34. The number of hydrogen-bond donors (Lipinski definition) is 1. The molecule has 0 spiro atoms. The second-order valence-electron chi connectivity index (χ2n) is 5.12. The van der Waals surface area contributed by atoms with Gasteiger partial charge in [0.05, 0.1) is 23.7 Å². The summed E-state index contributed by atoms with van der Waals surface area (Å²) in [5, 5.41) is 8.69. The highest BCUT2D eigenvalue weighted by atomic mass is 32.2. The zero-order valence-electron chi connectivity index (χ0n) is 12.2. The molecule has 1 aromatic carbocycles. The maximum absolute atomic E-state index is 12.6. The fourth-order valence-corrected chi connectivity index (χ4v) is 3.94. The summed E-state index contributed by atoms with van der Waals surface area (Å²) in [6.07, 6.45) is -0.230. The van der Waals surface area contributed by atoms with Crippen LogP contribution < -0.4 is 4.74 Å². The van der Waals surface area contributed by atoms with Gasteiger partial charge in [-0.2, -0.15) is 4.31 Å². The topological polar surface area (TPSA) is 76.1 Å². The van der Waals surface area contributed by atoms with Gasteiger partial charge in [0.2, 0.25) is 10.0 Å². The molecule has 2 rings (SSSR count). The molecule has 1 saturated heterocycles. The van der Waals surface area contributed by atoms with E-state index in [0.717, 1.165) is 0 Å². The predicted molar refractivity (Wildman–Crippen MR) is 77.8 cm³/mol. The number of nitrogens with zero attached hydrogens (tertiary/aromatic N) is 1. The van der Waals surface area contributed by atoms with Gasteiger partial charge in [-0.3, -0.25) is 0 Å². The Balaban J connectivity index is 2.15. The third-order valence-corrected chi connectivity index (χ3v) is 5.05. The van der Waals surface area contributed by atoms with Crippen molar-refractivity contribution in [1.29, 1.82) is 0 Å². The minimum Gasteiger partial charge on any atom is -0.491 e. The van der Waals surface area contributed by atoms with Gasteiger partial charge in [0.25, 0.3) is 0 Å². The van der Waals surface area contributed by atoms with E-state index in [4.69, 9.17) is 14.6 Å². The highest BCUT2D eigenvalue weighted by Crippen LogP contribution is 2.23. The van der Waals surface area contributed by atoms with E-state index in [-0.39, 0.29) is 30.3 Å². The molecule has 1 aromatic rings. The normalized spacial score (nSPS) is 24.0. The summed E-state index contributed by atoms with van der Waals surface area (Å²) in [5.74, 6) is 0.534. The van der Waals surface area contributed by atoms with Crippen LogP contribution in [0.1, 0.15) is 13.8 Å². The van der Waals surface area contributed by atoms with Gasteiger partial charge >= 0.3 is 0 Å². The van der Waals surface area contributed by atoms with Crippen LogP contribution in [0.5, 0.6) is 5.75 Å². The average molecular weight is 315 g/mol. The van der Waals surface area contributed by atoms with Crippen molar-refractivity contribution in [3.05, 3.63) is 24.3 Å². The van der Waals surface area contributed by atoms with Gasteiger partial charge in [0, 0.05) is 13.1 Å². The third kappa shape index (κ3) is 3.94. The Kier molecular flexibility index (Phi) is 5.21. The number of benzene rings is 1. The van der Waals surface area contributed by atoms with Crippen LogP contribution in [-0.4, -0.2) is 56.3 Å². The van der Waals surface area contributed by atoms with Crippen molar-refractivity contribution < 1.29 is 23.0 Å². The van der Waals surface area contributed by atoms with Crippen molar-refractivity contribution in [2.45, 2.75) is 31.0 Å². The number of aliphatic hydroxyl groups excluding tert-OH is 1. The van der Waals surface area contributed by atoms with Gasteiger partial charge < -0.3 is 14.6 Å². The maximum Gasteiger partial charge on any atom is 0.243 e. The molecule has 0 saturated carbocycles. The van der Waals surface area contributed by atoms with E-state index in [0.29, 0.717) is 18.8 Å². The van der Waals surface area contributed by atoms with Crippen LogP contribution >= 0.6 is 0 Å². The smallest absolute Gasteiger partial charge is 0.243 e. The Labute approximate surface area is 125 Å². The van der Waals surface area contributed by atoms with Gasteiger partial charge in [-0.25, -0.2) is 8.42 Å². The van der Waals surface area contributed by atoms with Crippen LogP contribution in [0.25, 0.3) is 0 Å². The zero-order chi connectivity index (χ0) is 15.5. The molecule has 2 atom stereocenters. The minimum atomic E-state index is -3.52. The lowest BCUT2D eigenvalue weighted by Crippen LogP contribution is -2.48. The van der Waals surface area contributed by atoms with E-state index < -0.39 is 10.0 Å². The first-order valence-electron chi connectivity index (χ1n) is 6.93. The molecular formula is C14H21NO5S. The minimum absolute atomic E-state index is 0.0798. The molecule has 1 aliphatic rings. The first kappa shape index (κ1) is 16.2. The Morgan fingerprint density at radius 2 is 1.81 bits per heavy atom. The lowest BCUT2D eigenvalue weighted by atomic mass is 10.3. The second-order valence-corrected chi connectivity index (χ2v) is 7.06. The Morgan fingerprint density at radius 3 is 2.33 bits per heavy atom. The third-order valence-electron chi connectivity index (χ3n) is 3.21. The molecule has 7 heteroatoms. The Hall–Kier alpha value is -1.15. The first-order chi connectivity index (χ1) is 9.93. The van der Waals surface area contributed by atoms with Gasteiger partial charge in [0.1, 0.15) is 12.4 Å². The maximum atomic E-state index is 12.6. The molecule has 0 aromatic heterocycles. The monoisotopic (exact) mass is 315 g/mol. The van der Waals surface area contributed by atoms with Crippen LogP contribution in [0.15, 0.2) is 29.2 Å². The first-order valence-corrected chi connectivity index (χ1v) is 8.37. The highest BCUT2D eigenvalue weighted by Gasteiger charge is 2.32. The van der Waals surface area contributed by atoms with E-state index in [9.17, 15) is 8.42 Å². The summed E-state index contributed by atoms with van der Waals surface area (Å²) in [6.45, 7) is 4.55. The van der Waals surface area contributed by atoms with Crippen molar-refractivity contribution >= 4 is 10.0 Å². The van der Waals surface area contributed by atoms with Crippen LogP contribution in [0, 0.1) is 0 Å². The van der Waals surface area contributed by atoms with Crippen molar-refractivity contribution in [3.8, 4) is 5.75 Å². The van der Waals surface area contributed by atoms with Crippen molar-refractivity contribution in [2.24, 2.45) is 0 Å². The van der Waals surface area contributed by atoms with Crippen LogP contribution in [-0.2, 0) is 14.8 Å². The number of rotatable bonds is 5. The molecule has 0 bridgehead atoms. The molecular weight excluding hydrogens is 294 g/mol. The fourth-order valence-electron chi connectivity index (χ4n) is 2.35. The predicted octanol–water partition coefficient (Wildman–Crippen LogP) is 0.856. The highest BCUT2D eigenvalue weighted by molar-refractivity contribution is 7.89. The summed E-state index contributed by atoms with van der Waals surface area (Å²) in [4.78, 5) is 0.236. The molecule has 1 N–H and O–H groups in total. The number of aliphatic hydroxyl groups is 1. The van der Waals surface area contributed by atoms with E-state index in [1.807, 2.05) is 13.8 Å². The van der Waals surface area contributed by atoms with Crippen molar-refractivity contribution in [2.75, 3.05) is 26.3 Å². The molecule has 1 fully saturated rings. The van der Waals surface area contributed by atoms with Crippen LogP contribution in [0.4, 0.5) is 0 Å². The molecule has 1 aliphatic heterocycles. The van der Waals surface area contributed by atoms with Gasteiger partial charge in [-0.05, 0) is 38.1 Å². The zero-order valence-corrected chi connectivity index (χ0v) is 13.0. The summed E-state index contributed by atoms with van der Waals surface area (Å²) in [6, 6.07) is 6.23. The van der Waals surface area contributed by atoms with Crippen LogP contribution in [0.3, 0.4) is 0 Å². The second kappa shape index (κ2) is 6.74. The quantitative estimate of drug-likeness (QED) is 0.872. The van der Waals surface area contributed by atoms with E-state index in [2.05, 4.69) is 0 Å². The molecule has 0 radical (unpaired) electrons. The molecule has 21 heavy (non-hydrogen) atoms.